The average molecular weight is 423 g/mol. The van der Waals surface area contributed by atoms with Crippen LogP contribution in [-0.4, -0.2) is 120 Å². The Morgan fingerprint density at radius 3 is 1.13 bits per heavy atom. The number of rotatable bonds is 6. The molecular weight excluding hydrogens is 384 g/mol. The van der Waals surface area contributed by atoms with E-state index in [1.807, 2.05) is 9.80 Å². The monoisotopic (exact) mass is 422 g/mol. The molecule has 2 aliphatic heterocycles. The lowest BCUT2D eigenvalue weighted by molar-refractivity contribution is -0.165. The van der Waals surface area contributed by atoms with Crippen LogP contribution in [0.4, 0.5) is 0 Å². The molecule has 2 amide bonds. The predicted octanol–water partition coefficient (Wildman–Crippen LogP) is -0.400. The Balaban J connectivity index is 1.32. The molecule has 170 valence electrons. The van der Waals surface area contributed by atoms with E-state index in [1.165, 1.54) is 0 Å². The van der Waals surface area contributed by atoms with Gasteiger partial charge in [-0.1, -0.05) is 0 Å². The summed E-state index contributed by atoms with van der Waals surface area (Å²) in [4.78, 5) is 35.3. The number of hydrogen-bond acceptors (Lipinski definition) is 6. The van der Waals surface area contributed by atoms with Gasteiger partial charge in [-0.2, -0.15) is 0 Å². The molecule has 2 bridgehead atoms. The van der Waals surface area contributed by atoms with E-state index in [1.54, 1.807) is 0 Å². The van der Waals surface area contributed by atoms with Crippen LogP contribution >= 0.6 is 0 Å². The maximum atomic E-state index is 13.4. The highest BCUT2D eigenvalue weighted by atomic mass is 16.3. The first-order valence-electron chi connectivity index (χ1n) is 11.8. The van der Waals surface area contributed by atoms with Gasteiger partial charge in [0, 0.05) is 76.3 Å². The minimum Gasteiger partial charge on any atom is -0.395 e. The van der Waals surface area contributed by atoms with Crippen LogP contribution in [0, 0.1) is 10.8 Å². The van der Waals surface area contributed by atoms with Crippen molar-refractivity contribution in [3.05, 3.63) is 0 Å². The third-order valence-corrected chi connectivity index (χ3v) is 8.31. The van der Waals surface area contributed by atoms with Gasteiger partial charge in [0.1, 0.15) is 0 Å². The van der Waals surface area contributed by atoms with E-state index >= 15 is 0 Å². The number of amides is 2. The van der Waals surface area contributed by atoms with Crippen LogP contribution in [0.25, 0.3) is 0 Å². The van der Waals surface area contributed by atoms with Gasteiger partial charge in [-0.05, 0) is 38.5 Å². The molecule has 5 fully saturated rings. The molecular formula is C22H38N4O4. The van der Waals surface area contributed by atoms with Crippen molar-refractivity contribution < 1.29 is 19.8 Å². The van der Waals surface area contributed by atoms with E-state index in [0.717, 1.165) is 90.9 Å². The lowest BCUT2D eigenvalue weighted by Gasteiger charge is -2.54. The van der Waals surface area contributed by atoms with Gasteiger partial charge >= 0.3 is 0 Å². The van der Waals surface area contributed by atoms with Crippen LogP contribution in [-0.2, 0) is 9.59 Å². The Morgan fingerprint density at radius 1 is 0.567 bits per heavy atom. The summed E-state index contributed by atoms with van der Waals surface area (Å²) in [6.07, 6.45) is 5.08. The SMILES string of the molecule is O=C(N1CCN(CCO)CC1)C12CCC(C(=O)N3CCN(CCO)CC3)(CC1)CC2. The van der Waals surface area contributed by atoms with Crippen LogP contribution in [0.3, 0.4) is 0 Å². The molecule has 5 rings (SSSR count). The summed E-state index contributed by atoms with van der Waals surface area (Å²) in [7, 11) is 0. The zero-order valence-electron chi connectivity index (χ0n) is 18.2. The molecule has 3 aliphatic carbocycles. The Hall–Kier alpha value is -1.22. The fourth-order valence-corrected chi connectivity index (χ4v) is 6.13. The van der Waals surface area contributed by atoms with E-state index in [2.05, 4.69) is 9.80 Å². The summed E-state index contributed by atoms with van der Waals surface area (Å²) in [5.74, 6) is 0.619. The van der Waals surface area contributed by atoms with Crippen molar-refractivity contribution in [2.75, 3.05) is 78.7 Å². The van der Waals surface area contributed by atoms with E-state index in [-0.39, 0.29) is 24.0 Å². The van der Waals surface area contributed by atoms with Crippen LogP contribution < -0.4 is 0 Å². The highest BCUT2D eigenvalue weighted by Crippen LogP contribution is 2.58. The Bertz CT molecular complexity index is 548. The Labute approximate surface area is 179 Å². The molecule has 0 aromatic rings. The van der Waals surface area contributed by atoms with Crippen LogP contribution in [0.5, 0.6) is 0 Å². The summed E-state index contributed by atoms with van der Waals surface area (Å²) in [6, 6.07) is 0. The second-order valence-corrected chi connectivity index (χ2v) is 9.78. The van der Waals surface area contributed by atoms with Crippen LogP contribution in [0.1, 0.15) is 38.5 Å². The van der Waals surface area contributed by atoms with Gasteiger partial charge in [0.15, 0.2) is 0 Å². The second kappa shape index (κ2) is 9.10. The van der Waals surface area contributed by atoms with E-state index in [4.69, 9.17) is 10.2 Å². The van der Waals surface area contributed by atoms with E-state index in [0.29, 0.717) is 24.9 Å². The average Bonchev–Trinajstić information content (AvgIpc) is 2.81. The van der Waals surface area contributed by atoms with Gasteiger partial charge in [-0.15, -0.1) is 0 Å². The van der Waals surface area contributed by atoms with Gasteiger partial charge in [0.05, 0.1) is 13.2 Å². The van der Waals surface area contributed by atoms with Crippen molar-refractivity contribution in [3.63, 3.8) is 0 Å². The first-order valence-corrected chi connectivity index (χ1v) is 11.8. The number of fused-ring (bicyclic) bond motifs is 3. The molecule has 0 atom stereocenters. The minimum absolute atomic E-state index is 0.171. The summed E-state index contributed by atoms with van der Waals surface area (Å²) >= 11 is 0. The standard InChI is InChI=1S/C22H38N4O4/c27-17-15-23-7-11-25(12-8-23)19(29)21-1-2-22(5-3-21,6-4-21)20(30)26-13-9-24(10-14-26)16-18-28/h27-28H,1-18H2. The normalized spacial score (nSPS) is 33.1. The quantitative estimate of drug-likeness (QED) is 0.606. The van der Waals surface area contributed by atoms with Crippen molar-refractivity contribution in [3.8, 4) is 0 Å². The van der Waals surface area contributed by atoms with E-state index in [9.17, 15) is 9.59 Å². The van der Waals surface area contributed by atoms with Gasteiger partial charge < -0.3 is 20.0 Å². The minimum atomic E-state index is -0.249. The second-order valence-electron chi connectivity index (χ2n) is 9.78. The molecule has 8 nitrogen and oxygen atoms in total. The number of carbonyl (C=O) groups is 2. The molecule has 0 unspecified atom stereocenters. The van der Waals surface area contributed by atoms with Gasteiger partial charge in [0.25, 0.3) is 0 Å². The molecule has 3 saturated carbocycles. The molecule has 2 N–H and O–H groups in total. The van der Waals surface area contributed by atoms with Crippen molar-refractivity contribution in [1.29, 1.82) is 0 Å². The number of piperazine rings is 2. The first kappa shape index (κ1) is 22.0. The number of nitrogens with zero attached hydrogens (tertiary/aromatic N) is 4. The molecule has 0 spiro atoms. The van der Waals surface area contributed by atoms with Gasteiger partial charge in [0.2, 0.25) is 11.8 Å². The molecule has 0 aromatic carbocycles. The van der Waals surface area contributed by atoms with Crippen molar-refractivity contribution in [2.24, 2.45) is 10.8 Å². The lowest BCUT2D eigenvalue weighted by Crippen LogP contribution is -2.60. The fraction of sp³-hybridized carbons (Fsp3) is 0.909. The maximum Gasteiger partial charge on any atom is 0.228 e. The summed E-state index contributed by atoms with van der Waals surface area (Å²) < 4.78 is 0. The van der Waals surface area contributed by atoms with Crippen molar-refractivity contribution in [1.82, 2.24) is 19.6 Å². The number of carbonyl (C=O) groups excluding carboxylic acids is 2. The highest BCUT2D eigenvalue weighted by molar-refractivity contribution is 5.87. The maximum absolute atomic E-state index is 13.4. The molecule has 0 aromatic heterocycles. The summed E-state index contributed by atoms with van der Waals surface area (Å²) in [5.41, 5.74) is -0.498. The first-order chi connectivity index (χ1) is 14.5. The van der Waals surface area contributed by atoms with Crippen molar-refractivity contribution in [2.45, 2.75) is 38.5 Å². The molecule has 2 heterocycles. The number of hydrogen-bond donors (Lipinski definition) is 2. The third-order valence-electron chi connectivity index (χ3n) is 8.31. The number of aliphatic hydroxyl groups excluding tert-OH is 2. The zero-order valence-corrected chi connectivity index (χ0v) is 18.2. The molecule has 2 saturated heterocycles. The van der Waals surface area contributed by atoms with Crippen LogP contribution in [0.2, 0.25) is 0 Å². The van der Waals surface area contributed by atoms with E-state index < -0.39 is 0 Å². The number of β-amino-alcohol motifs (C(OH)–C–C–N with tert-alkyl or cyclic N) is 2. The molecule has 8 heteroatoms. The molecule has 30 heavy (non-hydrogen) atoms. The Morgan fingerprint density at radius 2 is 0.867 bits per heavy atom. The van der Waals surface area contributed by atoms with Gasteiger partial charge in [-0.3, -0.25) is 19.4 Å². The third kappa shape index (κ3) is 4.11. The number of aliphatic hydroxyl groups is 2. The molecule has 5 aliphatic rings. The van der Waals surface area contributed by atoms with Crippen molar-refractivity contribution >= 4 is 11.8 Å². The fourth-order valence-electron chi connectivity index (χ4n) is 6.13. The smallest absolute Gasteiger partial charge is 0.228 e. The zero-order chi connectivity index (χ0) is 21.2. The predicted molar refractivity (Wildman–Crippen MR) is 113 cm³/mol. The summed E-state index contributed by atoms with van der Waals surface area (Å²) in [6.45, 7) is 8.09. The largest absolute Gasteiger partial charge is 0.395 e. The summed E-state index contributed by atoms with van der Waals surface area (Å²) in [5, 5.41) is 18.2. The topological polar surface area (TPSA) is 87.6 Å². The molecule has 0 radical (unpaired) electrons. The Kier molecular flexibility index (Phi) is 6.67. The lowest BCUT2D eigenvalue weighted by atomic mass is 9.52. The van der Waals surface area contributed by atoms with Crippen LogP contribution in [0.15, 0.2) is 0 Å². The highest BCUT2D eigenvalue weighted by Gasteiger charge is 2.57. The van der Waals surface area contributed by atoms with Gasteiger partial charge in [-0.25, -0.2) is 0 Å².